The highest BCUT2D eigenvalue weighted by Gasteiger charge is 2.09. The Morgan fingerprint density at radius 3 is 2.62 bits per heavy atom. The zero-order valence-electron chi connectivity index (χ0n) is 14.4. The molecule has 6 heteroatoms. The fourth-order valence-electron chi connectivity index (χ4n) is 2.15. The normalized spacial score (nSPS) is 11.3. The van der Waals surface area contributed by atoms with Crippen LogP contribution in [0.1, 0.15) is 28.8 Å². The number of allylic oxidation sites excluding steroid dienone is 1. The van der Waals surface area contributed by atoms with E-state index < -0.39 is 0 Å². The van der Waals surface area contributed by atoms with Gasteiger partial charge in [-0.05, 0) is 44.0 Å². The number of benzene rings is 1. The number of nitrogens with zero attached hydrogens (tertiary/aromatic N) is 2. The topological polar surface area (TPSA) is 52.9 Å². The van der Waals surface area contributed by atoms with Crippen LogP contribution in [-0.4, -0.2) is 24.9 Å². The average molecular weight is 346 g/mol. The summed E-state index contributed by atoms with van der Waals surface area (Å²) < 4.78 is 11.6. The molecule has 128 valence electrons. The number of aromatic nitrogens is 1. The van der Waals surface area contributed by atoms with E-state index in [-0.39, 0.29) is 0 Å². The van der Waals surface area contributed by atoms with Gasteiger partial charge in [-0.15, -0.1) is 11.3 Å². The van der Waals surface area contributed by atoms with Crippen LogP contribution in [0.25, 0.3) is 0 Å². The van der Waals surface area contributed by atoms with Gasteiger partial charge in [0, 0.05) is 5.38 Å². The standard InChI is InChI=1S/C18H22N2O3S/c1-5-6-7-22-16-8-13(2)18(14(3)9-16)23-11-15-12-24-17(20-15)10-19-21-4/h5-6,8-10,12H,7,11H2,1-4H3/b6-5+,19-10+. The van der Waals surface area contributed by atoms with Gasteiger partial charge in [-0.2, -0.15) is 0 Å². The van der Waals surface area contributed by atoms with Gasteiger partial charge < -0.3 is 14.3 Å². The van der Waals surface area contributed by atoms with Crippen molar-refractivity contribution >= 4 is 17.6 Å². The van der Waals surface area contributed by atoms with E-state index in [1.165, 1.54) is 18.4 Å². The first-order valence-corrected chi connectivity index (χ1v) is 8.51. The van der Waals surface area contributed by atoms with Crippen LogP contribution >= 0.6 is 11.3 Å². The number of hydrogen-bond acceptors (Lipinski definition) is 6. The van der Waals surface area contributed by atoms with E-state index in [9.17, 15) is 0 Å². The summed E-state index contributed by atoms with van der Waals surface area (Å²) in [4.78, 5) is 9.07. The minimum atomic E-state index is 0.414. The first-order chi connectivity index (χ1) is 11.6. The van der Waals surface area contributed by atoms with E-state index in [2.05, 4.69) is 15.0 Å². The second-order valence-electron chi connectivity index (χ2n) is 5.15. The number of oxime groups is 1. The summed E-state index contributed by atoms with van der Waals surface area (Å²) in [5.74, 6) is 1.72. The van der Waals surface area contributed by atoms with Crippen molar-refractivity contribution in [2.45, 2.75) is 27.4 Å². The van der Waals surface area contributed by atoms with Crippen molar-refractivity contribution in [3.63, 3.8) is 0 Å². The van der Waals surface area contributed by atoms with Crippen LogP contribution in [0, 0.1) is 13.8 Å². The SMILES string of the molecule is C/C=C/COc1cc(C)c(OCc2csc(/C=N/OC)n2)c(C)c1. The maximum Gasteiger partial charge on any atom is 0.138 e. The van der Waals surface area contributed by atoms with Gasteiger partial charge in [0.15, 0.2) is 0 Å². The fourth-order valence-corrected chi connectivity index (χ4v) is 2.81. The van der Waals surface area contributed by atoms with Crippen molar-refractivity contribution in [2.75, 3.05) is 13.7 Å². The lowest BCUT2D eigenvalue weighted by Crippen LogP contribution is -2.01. The van der Waals surface area contributed by atoms with E-state index in [4.69, 9.17) is 9.47 Å². The molecule has 0 atom stereocenters. The van der Waals surface area contributed by atoms with Gasteiger partial charge >= 0.3 is 0 Å². The predicted octanol–water partition coefficient (Wildman–Crippen LogP) is 4.27. The van der Waals surface area contributed by atoms with Gasteiger partial charge in [0.25, 0.3) is 0 Å². The van der Waals surface area contributed by atoms with Crippen molar-refractivity contribution in [3.8, 4) is 11.5 Å². The molecule has 0 amide bonds. The molecule has 0 aliphatic carbocycles. The van der Waals surface area contributed by atoms with Crippen LogP contribution in [0.4, 0.5) is 0 Å². The van der Waals surface area contributed by atoms with Crippen LogP contribution in [0.15, 0.2) is 34.8 Å². The molecule has 0 fully saturated rings. The summed E-state index contributed by atoms with van der Waals surface area (Å²) >= 11 is 1.50. The summed E-state index contributed by atoms with van der Waals surface area (Å²) in [7, 11) is 1.51. The summed E-state index contributed by atoms with van der Waals surface area (Å²) in [5.41, 5.74) is 2.95. The third-order valence-electron chi connectivity index (χ3n) is 3.22. The molecule has 1 heterocycles. The third-order valence-corrected chi connectivity index (χ3v) is 4.05. The van der Waals surface area contributed by atoms with Crippen LogP contribution < -0.4 is 9.47 Å². The van der Waals surface area contributed by atoms with Crippen LogP contribution in [-0.2, 0) is 11.4 Å². The molecule has 0 N–H and O–H groups in total. The second-order valence-corrected chi connectivity index (χ2v) is 6.04. The quantitative estimate of drug-likeness (QED) is 0.407. The van der Waals surface area contributed by atoms with Gasteiger partial charge in [0.2, 0.25) is 0 Å². The van der Waals surface area contributed by atoms with Gasteiger partial charge in [-0.25, -0.2) is 4.98 Å². The van der Waals surface area contributed by atoms with E-state index in [1.807, 2.05) is 50.4 Å². The number of rotatable bonds is 8. The molecule has 0 aliphatic rings. The Hall–Kier alpha value is -2.34. The monoisotopic (exact) mass is 346 g/mol. The van der Waals surface area contributed by atoms with E-state index >= 15 is 0 Å². The highest BCUT2D eigenvalue weighted by molar-refractivity contribution is 7.11. The molecular weight excluding hydrogens is 324 g/mol. The van der Waals surface area contributed by atoms with Gasteiger partial charge in [0.1, 0.15) is 43.0 Å². The fraction of sp³-hybridized carbons (Fsp3) is 0.333. The Morgan fingerprint density at radius 2 is 1.96 bits per heavy atom. The highest BCUT2D eigenvalue weighted by atomic mass is 32.1. The number of thiazole rings is 1. The Bertz CT molecular complexity index is 700. The molecule has 5 nitrogen and oxygen atoms in total. The Balaban J connectivity index is 2.01. The summed E-state index contributed by atoms with van der Waals surface area (Å²) in [6, 6.07) is 3.98. The molecule has 0 spiro atoms. The maximum atomic E-state index is 5.95. The van der Waals surface area contributed by atoms with Crippen molar-refractivity contribution < 1.29 is 14.3 Å². The molecule has 24 heavy (non-hydrogen) atoms. The molecule has 2 aromatic rings. The molecule has 0 bridgehead atoms. The minimum absolute atomic E-state index is 0.414. The molecule has 0 radical (unpaired) electrons. The number of aryl methyl sites for hydroxylation is 2. The lowest BCUT2D eigenvalue weighted by atomic mass is 10.1. The highest BCUT2D eigenvalue weighted by Crippen LogP contribution is 2.29. The number of hydrogen-bond donors (Lipinski definition) is 0. The zero-order chi connectivity index (χ0) is 17.4. The average Bonchev–Trinajstić information content (AvgIpc) is 3.00. The molecule has 0 saturated heterocycles. The predicted molar refractivity (Wildman–Crippen MR) is 97.3 cm³/mol. The maximum absolute atomic E-state index is 5.95. The Kier molecular flexibility index (Phi) is 6.81. The lowest BCUT2D eigenvalue weighted by Gasteiger charge is -2.13. The zero-order valence-corrected chi connectivity index (χ0v) is 15.2. The van der Waals surface area contributed by atoms with Crippen LogP contribution in [0.3, 0.4) is 0 Å². The molecule has 1 aromatic heterocycles. The van der Waals surface area contributed by atoms with Crippen LogP contribution in [0.5, 0.6) is 11.5 Å². The molecule has 1 aromatic carbocycles. The Morgan fingerprint density at radius 1 is 1.21 bits per heavy atom. The van der Waals surface area contributed by atoms with Crippen molar-refractivity contribution in [3.05, 3.63) is 51.5 Å². The molecule has 0 saturated carbocycles. The summed E-state index contributed by atoms with van der Waals surface area (Å²) in [6.07, 6.45) is 5.53. The lowest BCUT2D eigenvalue weighted by molar-refractivity contribution is 0.215. The second kappa shape index (κ2) is 9.08. The number of ether oxygens (including phenoxy) is 2. The van der Waals surface area contributed by atoms with Gasteiger partial charge in [-0.1, -0.05) is 17.3 Å². The van der Waals surface area contributed by atoms with Crippen molar-refractivity contribution in [1.82, 2.24) is 4.98 Å². The van der Waals surface area contributed by atoms with Crippen molar-refractivity contribution in [1.29, 1.82) is 0 Å². The minimum Gasteiger partial charge on any atom is -0.490 e. The molecule has 0 unspecified atom stereocenters. The first-order valence-electron chi connectivity index (χ1n) is 7.63. The largest absolute Gasteiger partial charge is 0.490 e. The summed E-state index contributed by atoms with van der Waals surface area (Å²) in [6.45, 7) is 6.99. The van der Waals surface area contributed by atoms with E-state index in [0.717, 1.165) is 33.3 Å². The Labute approximate surface area is 146 Å². The smallest absolute Gasteiger partial charge is 0.138 e. The first kappa shape index (κ1) is 18.0. The molecular formula is C18H22N2O3S. The molecule has 2 rings (SSSR count). The van der Waals surface area contributed by atoms with Gasteiger partial charge in [-0.3, -0.25) is 0 Å². The molecule has 0 aliphatic heterocycles. The summed E-state index contributed by atoms with van der Waals surface area (Å²) in [5, 5.41) is 6.45. The van der Waals surface area contributed by atoms with Gasteiger partial charge in [0.05, 0.1) is 5.69 Å². The van der Waals surface area contributed by atoms with E-state index in [1.54, 1.807) is 6.21 Å². The van der Waals surface area contributed by atoms with Crippen LogP contribution in [0.2, 0.25) is 0 Å². The third kappa shape index (κ3) is 5.09. The van der Waals surface area contributed by atoms with Crippen molar-refractivity contribution in [2.24, 2.45) is 5.16 Å². The van der Waals surface area contributed by atoms with E-state index in [0.29, 0.717) is 13.2 Å².